The van der Waals surface area contributed by atoms with Gasteiger partial charge < -0.3 is 53.0 Å². The third kappa shape index (κ3) is 13.9. The van der Waals surface area contributed by atoms with Crippen molar-refractivity contribution in [1.29, 1.82) is 0 Å². The highest BCUT2D eigenvalue weighted by Crippen LogP contribution is 2.35. The van der Waals surface area contributed by atoms with Gasteiger partial charge in [0, 0.05) is 71.6 Å². The fourth-order valence-electron chi connectivity index (χ4n) is 7.60. The van der Waals surface area contributed by atoms with Crippen LogP contribution in [0.5, 0.6) is 11.6 Å². The van der Waals surface area contributed by atoms with E-state index in [2.05, 4.69) is 15.5 Å². The van der Waals surface area contributed by atoms with Crippen molar-refractivity contribution < 1.29 is 71.5 Å². The molecule has 0 aliphatic carbocycles. The van der Waals surface area contributed by atoms with Crippen LogP contribution in [0.15, 0.2) is 48.5 Å². The average Bonchev–Trinajstić information content (AvgIpc) is 3.67. The standard InChI is InChI=1S/C47H61N5O15/c1-27(2)38-36(42(50-49-38)67-43-41(65-32(7)56)40(64-31(6)55)39(63-30(5)54)37(66-43)26-61-29(4)53)24-34-15-16-35(23-28(34)3)60-22-17-48-44(57)47(8,9)45(58)51-18-20-52(21-19-51)46(59)62-25-33-13-11-10-12-14-33/h10-16,23,27,37,39-41,43H,17-22,24-26H2,1-9H3,(H,48,57)(H,49,50)/t37-,39-,40+,41-,43+/m1/s1. The van der Waals surface area contributed by atoms with Gasteiger partial charge in [-0.05, 0) is 55.5 Å². The van der Waals surface area contributed by atoms with Gasteiger partial charge in [-0.1, -0.05) is 50.2 Å². The Morgan fingerprint density at radius 1 is 0.821 bits per heavy atom. The van der Waals surface area contributed by atoms with Crippen molar-refractivity contribution in [3.05, 3.63) is 76.5 Å². The van der Waals surface area contributed by atoms with E-state index >= 15 is 0 Å². The summed E-state index contributed by atoms with van der Waals surface area (Å²) in [5.74, 6) is -3.20. The number of aromatic nitrogens is 2. The third-order valence-electron chi connectivity index (χ3n) is 11.1. The Hall–Kier alpha value is -6.70. The lowest BCUT2D eigenvalue weighted by molar-refractivity contribution is -0.289. The van der Waals surface area contributed by atoms with Crippen molar-refractivity contribution >= 4 is 41.8 Å². The molecule has 5 rings (SSSR count). The molecule has 0 spiro atoms. The minimum atomic E-state index is -1.48. The molecule has 67 heavy (non-hydrogen) atoms. The molecule has 0 radical (unpaired) electrons. The molecular weight excluding hydrogens is 875 g/mol. The number of H-pyrrole nitrogens is 1. The van der Waals surface area contributed by atoms with Gasteiger partial charge in [0.15, 0.2) is 12.2 Å². The van der Waals surface area contributed by atoms with Gasteiger partial charge in [0.05, 0.1) is 6.54 Å². The highest BCUT2D eigenvalue weighted by Gasteiger charge is 2.54. The van der Waals surface area contributed by atoms with Crippen molar-refractivity contribution in [3.63, 3.8) is 0 Å². The maximum Gasteiger partial charge on any atom is 0.410 e. The van der Waals surface area contributed by atoms with Crippen molar-refractivity contribution in [2.45, 2.75) is 112 Å². The number of hydrogen-bond acceptors (Lipinski definition) is 16. The van der Waals surface area contributed by atoms with Gasteiger partial charge in [-0.3, -0.25) is 33.9 Å². The van der Waals surface area contributed by atoms with Crippen LogP contribution in [0.2, 0.25) is 0 Å². The van der Waals surface area contributed by atoms with Crippen LogP contribution in [0, 0.1) is 12.3 Å². The molecule has 3 aromatic rings. The summed E-state index contributed by atoms with van der Waals surface area (Å²) >= 11 is 0. The topological polar surface area (TPSA) is 241 Å². The molecule has 2 aliphatic heterocycles. The van der Waals surface area contributed by atoms with Crippen LogP contribution in [0.4, 0.5) is 4.79 Å². The van der Waals surface area contributed by atoms with Crippen LogP contribution in [0.3, 0.4) is 0 Å². The Bertz CT molecular complexity index is 2240. The maximum atomic E-state index is 13.5. The number of aromatic amines is 1. The largest absolute Gasteiger partial charge is 0.492 e. The minimum absolute atomic E-state index is 0.0556. The molecule has 0 saturated carbocycles. The van der Waals surface area contributed by atoms with Crippen molar-refractivity contribution in [1.82, 2.24) is 25.3 Å². The van der Waals surface area contributed by atoms with E-state index in [1.54, 1.807) is 29.7 Å². The number of hydrogen-bond donors (Lipinski definition) is 2. The number of nitrogens with one attached hydrogen (secondary N) is 2. The molecule has 20 heteroatoms. The van der Waals surface area contributed by atoms with Gasteiger partial charge in [0.2, 0.25) is 30.1 Å². The molecule has 2 saturated heterocycles. The Morgan fingerprint density at radius 2 is 1.45 bits per heavy atom. The molecule has 2 aliphatic rings. The van der Waals surface area contributed by atoms with Crippen LogP contribution in [-0.4, -0.2) is 138 Å². The lowest BCUT2D eigenvalue weighted by atomic mass is 9.90. The van der Waals surface area contributed by atoms with Gasteiger partial charge in [-0.2, -0.15) is 0 Å². The molecule has 3 heterocycles. The van der Waals surface area contributed by atoms with Crippen LogP contribution >= 0.6 is 0 Å². The third-order valence-corrected chi connectivity index (χ3v) is 11.1. The first-order valence-corrected chi connectivity index (χ1v) is 22.0. The first-order valence-electron chi connectivity index (χ1n) is 22.0. The second-order valence-electron chi connectivity index (χ2n) is 17.1. The summed E-state index contributed by atoms with van der Waals surface area (Å²) in [5, 5.41) is 10.3. The number of ether oxygens (including phenoxy) is 8. The molecule has 364 valence electrons. The number of esters is 4. The van der Waals surface area contributed by atoms with Crippen molar-refractivity contribution in [3.8, 4) is 11.6 Å². The summed E-state index contributed by atoms with van der Waals surface area (Å²) < 4.78 is 45.7. The Morgan fingerprint density at radius 3 is 2.06 bits per heavy atom. The van der Waals surface area contributed by atoms with Gasteiger partial charge >= 0.3 is 30.0 Å². The number of aryl methyl sites for hydroxylation is 1. The summed E-state index contributed by atoms with van der Waals surface area (Å²) in [6.45, 7) is 14.6. The van der Waals surface area contributed by atoms with E-state index in [0.717, 1.165) is 43.2 Å². The molecule has 20 nitrogen and oxygen atoms in total. The lowest BCUT2D eigenvalue weighted by Crippen LogP contribution is -2.63. The van der Waals surface area contributed by atoms with Crippen molar-refractivity contribution in [2.75, 3.05) is 45.9 Å². The minimum Gasteiger partial charge on any atom is -0.492 e. The second-order valence-corrected chi connectivity index (χ2v) is 17.1. The fourth-order valence-corrected chi connectivity index (χ4v) is 7.60. The fraction of sp³-hybridized carbons (Fsp3) is 0.532. The Labute approximate surface area is 389 Å². The maximum absolute atomic E-state index is 13.5. The van der Waals surface area contributed by atoms with Crippen molar-refractivity contribution in [2.24, 2.45) is 5.41 Å². The molecule has 2 aromatic carbocycles. The molecule has 3 amide bonds. The first-order chi connectivity index (χ1) is 31.7. The summed E-state index contributed by atoms with van der Waals surface area (Å²) in [5.41, 5.74) is 2.61. The smallest absolute Gasteiger partial charge is 0.410 e. The monoisotopic (exact) mass is 935 g/mol. The number of rotatable bonds is 18. The Kier molecular flexibility index (Phi) is 17.7. The van der Waals surface area contributed by atoms with Crippen LogP contribution in [-0.2, 0) is 70.2 Å². The van der Waals surface area contributed by atoms with Gasteiger partial charge in [-0.25, -0.2) is 4.79 Å². The summed E-state index contributed by atoms with van der Waals surface area (Å²) in [6, 6.07) is 14.9. The van der Waals surface area contributed by atoms with E-state index < -0.39 is 78.6 Å². The number of piperazine rings is 1. The predicted octanol–water partition coefficient (Wildman–Crippen LogP) is 3.90. The predicted molar refractivity (Wildman–Crippen MR) is 236 cm³/mol. The zero-order valence-corrected chi connectivity index (χ0v) is 39.4. The van der Waals surface area contributed by atoms with E-state index in [9.17, 15) is 33.6 Å². The van der Waals surface area contributed by atoms with Crippen LogP contribution in [0.25, 0.3) is 0 Å². The number of carbonyl (C=O) groups excluding carboxylic acids is 7. The number of amides is 3. The summed E-state index contributed by atoms with van der Waals surface area (Å²) in [6.07, 6.45) is -7.07. The number of nitrogens with zero attached hydrogens (tertiary/aromatic N) is 3. The molecular formula is C47H61N5O15. The SMILES string of the molecule is CC(=O)OC[C@H]1O[C@@H](Oc2n[nH]c(C(C)C)c2Cc2ccc(OCCNC(=O)C(C)(C)C(=O)N3CCN(C(=O)OCc4ccccc4)CC3)cc2C)[C@H](OC(C)=O)[C@@H](OC(C)=O)[C@@H]1OC(C)=O. The molecule has 2 N–H and O–H groups in total. The summed E-state index contributed by atoms with van der Waals surface area (Å²) in [7, 11) is 0. The highest BCUT2D eigenvalue weighted by atomic mass is 16.7. The molecule has 5 atom stereocenters. The van der Waals surface area contributed by atoms with E-state index in [1.807, 2.05) is 63.2 Å². The second kappa shape index (κ2) is 23.2. The quantitative estimate of drug-likeness (QED) is 0.0796. The van der Waals surface area contributed by atoms with Crippen LogP contribution in [0.1, 0.15) is 89.3 Å². The zero-order chi connectivity index (χ0) is 49.0. The normalized spacial score (nSPS) is 19.5. The first kappa shape index (κ1) is 51.3. The van der Waals surface area contributed by atoms with E-state index in [-0.39, 0.29) is 63.6 Å². The molecule has 2 fully saturated rings. The summed E-state index contributed by atoms with van der Waals surface area (Å²) in [4.78, 5) is 91.2. The molecule has 0 unspecified atom stereocenters. The van der Waals surface area contributed by atoms with E-state index in [0.29, 0.717) is 17.7 Å². The number of benzene rings is 2. The highest BCUT2D eigenvalue weighted by molar-refractivity contribution is 6.04. The Balaban J connectivity index is 1.20. The lowest BCUT2D eigenvalue weighted by Gasteiger charge is -2.43. The van der Waals surface area contributed by atoms with Gasteiger partial charge in [-0.15, -0.1) is 5.10 Å². The van der Waals surface area contributed by atoms with Gasteiger partial charge in [0.25, 0.3) is 0 Å². The number of carbonyl (C=O) groups is 7. The zero-order valence-electron chi connectivity index (χ0n) is 39.4. The van der Waals surface area contributed by atoms with E-state index in [1.165, 1.54) is 6.92 Å². The average molecular weight is 936 g/mol. The van der Waals surface area contributed by atoms with Crippen LogP contribution < -0.4 is 14.8 Å². The molecule has 0 bridgehead atoms. The molecule has 1 aromatic heterocycles. The van der Waals surface area contributed by atoms with Gasteiger partial charge in [0.1, 0.15) is 37.1 Å². The van der Waals surface area contributed by atoms with E-state index in [4.69, 9.17) is 37.9 Å².